The van der Waals surface area contributed by atoms with Gasteiger partial charge in [-0.2, -0.15) is 18.3 Å². The fourth-order valence-electron chi connectivity index (χ4n) is 1.22. The normalized spacial score (nSPS) is 14.1. The summed E-state index contributed by atoms with van der Waals surface area (Å²) >= 11 is 0. The summed E-state index contributed by atoms with van der Waals surface area (Å²) in [6, 6.07) is 0. The van der Waals surface area contributed by atoms with Crippen molar-refractivity contribution in [2.24, 2.45) is 0 Å². The van der Waals surface area contributed by atoms with Gasteiger partial charge in [0.2, 0.25) is 0 Å². The van der Waals surface area contributed by atoms with E-state index >= 15 is 0 Å². The summed E-state index contributed by atoms with van der Waals surface area (Å²) in [6.07, 6.45) is -4.87. The molecule has 0 spiro atoms. The smallest absolute Gasteiger partial charge is 0.388 e. The highest BCUT2D eigenvalue weighted by Crippen LogP contribution is 2.27. The van der Waals surface area contributed by atoms with Gasteiger partial charge in [0.1, 0.15) is 5.82 Å². The van der Waals surface area contributed by atoms with E-state index in [-0.39, 0.29) is 18.7 Å². The highest BCUT2D eigenvalue weighted by molar-refractivity contribution is 5.38. The Bertz CT molecular complexity index is 310. The molecule has 0 aliphatic carbocycles. The van der Waals surface area contributed by atoms with Crippen LogP contribution in [0.2, 0.25) is 0 Å². The van der Waals surface area contributed by atoms with Crippen molar-refractivity contribution in [1.82, 2.24) is 10.2 Å². The fraction of sp³-hybridized carbons (Fsp3) is 0.625. The molecule has 0 bridgehead atoms. The molecular formula is C8H12F3N3O. The molecule has 1 atom stereocenters. The van der Waals surface area contributed by atoms with Gasteiger partial charge in [0.25, 0.3) is 0 Å². The van der Waals surface area contributed by atoms with Crippen molar-refractivity contribution < 1.29 is 18.3 Å². The summed E-state index contributed by atoms with van der Waals surface area (Å²) in [7, 11) is 0. The van der Waals surface area contributed by atoms with Crippen LogP contribution in [0.4, 0.5) is 19.0 Å². The number of nitrogens with zero attached hydrogens (tertiary/aromatic N) is 1. The van der Waals surface area contributed by atoms with Crippen molar-refractivity contribution in [3.63, 3.8) is 0 Å². The van der Waals surface area contributed by atoms with Gasteiger partial charge in [-0.1, -0.05) is 0 Å². The first-order valence-electron chi connectivity index (χ1n) is 4.43. The van der Waals surface area contributed by atoms with Crippen molar-refractivity contribution in [2.45, 2.75) is 31.5 Å². The molecule has 0 aromatic carbocycles. The van der Waals surface area contributed by atoms with E-state index in [2.05, 4.69) is 10.2 Å². The maximum Gasteiger partial charge on any atom is 0.389 e. The third-order valence-corrected chi connectivity index (χ3v) is 2.00. The number of hydrogen-bond acceptors (Lipinski definition) is 3. The number of nitrogen functional groups attached to an aromatic ring is 1. The summed E-state index contributed by atoms with van der Waals surface area (Å²) < 4.78 is 35.4. The third kappa shape index (κ3) is 3.78. The van der Waals surface area contributed by atoms with Crippen LogP contribution in [-0.4, -0.2) is 21.5 Å². The van der Waals surface area contributed by atoms with Gasteiger partial charge in [-0.15, -0.1) is 0 Å². The standard InChI is InChI=1S/C8H12F3N3O/c9-8(10,11)3-1-2-6(15)5-4-13-14-7(5)12/h4,6,15H,1-3H2,(H3,12,13,14). The summed E-state index contributed by atoms with van der Waals surface area (Å²) in [4.78, 5) is 0. The molecule has 1 unspecified atom stereocenters. The lowest BCUT2D eigenvalue weighted by atomic mass is 10.1. The second-order valence-corrected chi connectivity index (χ2v) is 3.26. The van der Waals surface area contributed by atoms with Crippen LogP contribution in [-0.2, 0) is 0 Å². The number of rotatable bonds is 4. The molecule has 0 aliphatic heterocycles. The molecule has 0 saturated heterocycles. The molecule has 0 saturated carbocycles. The predicted molar refractivity (Wildman–Crippen MR) is 47.9 cm³/mol. The number of aromatic nitrogens is 2. The van der Waals surface area contributed by atoms with Gasteiger partial charge < -0.3 is 10.8 Å². The van der Waals surface area contributed by atoms with E-state index in [0.29, 0.717) is 5.56 Å². The van der Waals surface area contributed by atoms with Crippen LogP contribution < -0.4 is 5.73 Å². The van der Waals surface area contributed by atoms with E-state index in [1.165, 1.54) is 6.20 Å². The molecule has 1 aromatic heterocycles. The number of nitrogens with two attached hydrogens (primary N) is 1. The summed E-state index contributed by atoms with van der Waals surface area (Å²) in [6.45, 7) is 0. The van der Waals surface area contributed by atoms with Crippen LogP contribution in [0.1, 0.15) is 30.9 Å². The monoisotopic (exact) mass is 223 g/mol. The minimum Gasteiger partial charge on any atom is -0.388 e. The van der Waals surface area contributed by atoms with E-state index in [4.69, 9.17) is 5.73 Å². The topological polar surface area (TPSA) is 74.9 Å². The fourth-order valence-corrected chi connectivity index (χ4v) is 1.22. The summed E-state index contributed by atoms with van der Waals surface area (Å²) in [5.41, 5.74) is 5.74. The molecule has 7 heteroatoms. The number of halogens is 3. The molecule has 1 rings (SSSR count). The Labute approximate surface area is 84.3 Å². The van der Waals surface area contributed by atoms with Crippen LogP contribution in [0.15, 0.2) is 6.20 Å². The Kier molecular flexibility index (Phi) is 3.57. The summed E-state index contributed by atoms with van der Waals surface area (Å²) in [5, 5.41) is 15.4. The molecule has 15 heavy (non-hydrogen) atoms. The minimum atomic E-state index is -4.18. The average molecular weight is 223 g/mol. The van der Waals surface area contributed by atoms with E-state index in [9.17, 15) is 18.3 Å². The van der Waals surface area contributed by atoms with Gasteiger partial charge in [-0.05, 0) is 12.8 Å². The molecule has 86 valence electrons. The van der Waals surface area contributed by atoms with E-state index < -0.39 is 18.7 Å². The molecule has 1 heterocycles. The Morgan fingerprint density at radius 2 is 2.20 bits per heavy atom. The van der Waals surface area contributed by atoms with Crippen LogP contribution in [0.25, 0.3) is 0 Å². The number of H-pyrrole nitrogens is 1. The molecular weight excluding hydrogens is 211 g/mol. The molecule has 0 fully saturated rings. The number of nitrogens with one attached hydrogen (secondary N) is 1. The van der Waals surface area contributed by atoms with Gasteiger partial charge in [0.05, 0.1) is 12.3 Å². The number of alkyl halides is 3. The molecule has 4 nitrogen and oxygen atoms in total. The van der Waals surface area contributed by atoms with Gasteiger partial charge in [-0.25, -0.2) is 0 Å². The van der Waals surface area contributed by atoms with E-state index in [1.54, 1.807) is 0 Å². The largest absolute Gasteiger partial charge is 0.389 e. The van der Waals surface area contributed by atoms with Crippen LogP contribution in [0, 0.1) is 0 Å². The van der Waals surface area contributed by atoms with Crippen molar-refractivity contribution in [3.8, 4) is 0 Å². The first-order chi connectivity index (χ1) is 6.90. The van der Waals surface area contributed by atoms with Gasteiger partial charge in [-0.3, -0.25) is 5.10 Å². The van der Waals surface area contributed by atoms with E-state index in [1.807, 2.05) is 0 Å². The number of aliphatic hydroxyl groups excluding tert-OH is 1. The number of aromatic amines is 1. The Morgan fingerprint density at radius 1 is 1.53 bits per heavy atom. The zero-order chi connectivity index (χ0) is 11.5. The number of anilines is 1. The molecule has 0 radical (unpaired) electrons. The highest BCUT2D eigenvalue weighted by atomic mass is 19.4. The number of hydrogen-bond donors (Lipinski definition) is 3. The molecule has 0 amide bonds. The number of aliphatic hydroxyl groups is 1. The highest BCUT2D eigenvalue weighted by Gasteiger charge is 2.27. The second kappa shape index (κ2) is 4.52. The van der Waals surface area contributed by atoms with Crippen LogP contribution in [0.5, 0.6) is 0 Å². The maximum atomic E-state index is 11.8. The van der Waals surface area contributed by atoms with Gasteiger partial charge in [0, 0.05) is 12.0 Å². The van der Waals surface area contributed by atoms with E-state index in [0.717, 1.165) is 0 Å². The lowest BCUT2D eigenvalue weighted by molar-refractivity contribution is -0.136. The minimum absolute atomic E-state index is 0.0171. The lowest BCUT2D eigenvalue weighted by Crippen LogP contribution is -2.08. The molecule has 0 aliphatic rings. The quantitative estimate of drug-likeness (QED) is 0.728. The van der Waals surface area contributed by atoms with Gasteiger partial charge >= 0.3 is 6.18 Å². The maximum absolute atomic E-state index is 11.8. The van der Waals surface area contributed by atoms with Gasteiger partial charge in [0.15, 0.2) is 0 Å². The Morgan fingerprint density at radius 3 is 2.67 bits per heavy atom. The summed E-state index contributed by atoms with van der Waals surface area (Å²) in [5.74, 6) is 0.189. The van der Waals surface area contributed by atoms with Crippen LogP contribution >= 0.6 is 0 Å². The van der Waals surface area contributed by atoms with Crippen LogP contribution in [0.3, 0.4) is 0 Å². The first-order valence-corrected chi connectivity index (χ1v) is 4.43. The zero-order valence-electron chi connectivity index (χ0n) is 7.88. The zero-order valence-corrected chi connectivity index (χ0v) is 7.88. The SMILES string of the molecule is Nc1[nH]ncc1C(O)CCCC(F)(F)F. The Balaban J connectivity index is 2.37. The van der Waals surface area contributed by atoms with Crippen molar-refractivity contribution >= 4 is 5.82 Å². The van der Waals surface area contributed by atoms with Crippen molar-refractivity contribution in [2.75, 3.05) is 5.73 Å². The van der Waals surface area contributed by atoms with Crippen molar-refractivity contribution in [1.29, 1.82) is 0 Å². The first kappa shape index (κ1) is 11.8. The Hall–Kier alpha value is -1.24. The molecule has 4 N–H and O–H groups in total. The molecule has 1 aromatic rings. The average Bonchev–Trinajstić information content (AvgIpc) is 2.48. The lowest BCUT2D eigenvalue weighted by Gasteiger charge is -2.10. The second-order valence-electron chi connectivity index (χ2n) is 3.26. The predicted octanol–water partition coefficient (Wildman–Crippen LogP) is 1.76. The third-order valence-electron chi connectivity index (χ3n) is 2.00. The van der Waals surface area contributed by atoms with Crippen molar-refractivity contribution in [3.05, 3.63) is 11.8 Å².